The number of nitrogens with zero attached hydrogens (tertiary/aromatic N) is 2. The third-order valence-corrected chi connectivity index (χ3v) is 9.00. The zero-order chi connectivity index (χ0) is 35.4. The first-order chi connectivity index (χ1) is 24.0. The van der Waals surface area contributed by atoms with Crippen molar-refractivity contribution in [2.75, 3.05) is 5.32 Å². The summed E-state index contributed by atoms with van der Waals surface area (Å²) in [5.74, 6) is -1.43. The number of para-hydroxylation sites is 1. The highest BCUT2D eigenvalue weighted by Gasteiger charge is 2.36. The molecule has 2 atom stereocenters. The number of non-ortho nitro benzene ring substituents is 1. The molecule has 1 N–H and O–H groups in total. The number of aromatic nitrogens is 1. The van der Waals surface area contributed by atoms with Gasteiger partial charge in [0, 0.05) is 42.0 Å². The summed E-state index contributed by atoms with van der Waals surface area (Å²) in [6.07, 6.45) is 1.50. The van der Waals surface area contributed by atoms with Gasteiger partial charge < -0.3 is 19.4 Å². The Balaban J connectivity index is 1.40. The molecular weight excluding hydrogens is 633 g/mol. The first-order valence-electron chi connectivity index (χ1n) is 17.0. The molecular formula is C41H42FN3O5. The number of hydrogen-bond acceptors (Lipinski definition) is 5. The van der Waals surface area contributed by atoms with E-state index >= 15 is 0 Å². The molecule has 1 aliphatic heterocycles. The van der Waals surface area contributed by atoms with Crippen LogP contribution in [0.2, 0.25) is 0 Å². The number of anilines is 1. The standard InChI is InChI=1S/C41H42FN3O5/c1-27(2)38-37(40(46)43-32-13-9-6-10-14-32)36(29-11-7-5-8-12-29)39(30-17-19-31(42)20-18-30)44(38)24-23-34-26-35(50-41(3,4)49-34)25-28-15-21-33(22-16-28)45(47)48/h5-22,27,34-35H,23-26H2,1-4H3,(H,43,46). The molecule has 5 aromatic rings. The zero-order valence-electron chi connectivity index (χ0n) is 28.8. The number of hydrogen-bond donors (Lipinski definition) is 1. The van der Waals surface area contributed by atoms with E-state index in [1.54, 1.807) is 24.3 Å². The number of carbonyl (C=O) groups excluding carboxylic acids is 1. The molecule has 0 aliphatic carbocycles. The molecule has 1 aromatic heterocycles. The molecule has 1 aliphatic rings. The molecule has 2 heterocycles. The highest BCUT2D eigenvalue weighted by Crippen LogP contribution is 2.43. The van der Waals surface area contributed by atoms with Crippen LogP contribution in [0.15, 0.2) is 109 Å². The molecule has 6 rings (SSSR count). The average Bonchev–Trinajstić information content (AvgIpc) is 3.44. The van der Waals surface area contributed by atoms with Crippen LogP contribution in [0.25, 0.3) is 22.4 Å². The lowest BCUT2D eigenvalue weighted by Gasteiger charge is -2.41. The summed E-state index contributed by atoms with van der Waals surface area (Å²) in [5, 5.41) is 14.3. The second-order valence-corrected chi connectivity index (χ2v) is 13.5. The number of nitrogens with one attached hydrogen (secondary N) is 1. The Morgan fingerprint density at radius 1 is 0.900 bits per heavy atom. The first kappa shape index (κ1) is 34.7. The molecule has 0 bridgehead atoms. The van der Waals surface area contributed by atoms with Gasteiger partial charge in [0.25, 0.3) is 11.6 Å². The Labute approximate surface area is 292 Å². The minimum Gasteiger partial charge on any atom is -0.347 e. The molecule has 9 heteroatoms. The van der Waals surface area contributed by atoms with Crippen LogP contribution in [0.3, 0.4) is 0 Å². The van der Waals surface area contributed by atoms with Crippen molar-refractivity contribution in [2.24, 2.45) is 0 Å². The lowest BCUT2D eigenvalue weighted by molar-refractivity contribution is -0.384. The summed E-state index contributed by atoms with van der Waals surface area (Å²) in [6.45, 7) is 8.51. The summed E-state index contributed by atoms with van der Waals surface area (Å²) >= 11 is 0. The van der Waals surface area contributed by atoms with Crippen LogP contribution in [0.5, 0.6) is 0 Å². The van der Waals surface area contributed by atoms with Crippen molar-refractivity contribution >= 4 is 17.3 Å². The van der Waals surface area contributed by atoms with Gasteiger partial charge in [-0.1, -0.05) is 74.5 Å². The van der Waals surface area contributed by atoms with Gasteiger partial charge in [0.05, 0.1) is 28.4 Å². The third-order valence-electron chi connectivity index (χ3n) is 9.00. The summed E-state index contributed by atoms with van der Waals surface area (Å²) in [4.78, 5) is 25.1. The Morgan fingerprint density at radius 3 is 2.14 bits per heavy atom. The number of nitro groups is 1. The monoisotopic (exact) mass is 675 g/mol. The number of carbonyl (C=O) groups is 1. The van der Waals surface area contributed by atoms with E-state index < -0.39 is 10.7 Å². The van der Waals surface area contributed by atoms with E-state index in [0.717, 1.165) is 33.6 Å². The van der Waals surface area contributed by atoms with Crippen molar-refractivity contribution in [2.45, 2.75) is 77.4 Å². The van der Waals surface area contributed by atoms with Gasteiger partial charge in [-0.25, -0.2) is 4.39 Å². The van der Waals surface area contributed by atoms with Crippen LogP contribution in [0.4, 0.5) is 15.8 Å². The molecule has 0 saturated carbocycles. The van der Waals surface area contributed by atoms with Gasteiger partial charge in [-0.15, -0.1) is 0 Å². The maximum absolute atomic E-state index is 14.4. The summed E-state index contributed by atoms with van der Waals surface area (Å²) < 4.78 is 29.3. The maximum Gasteiger partial charge on any atom is 0.269 e. The van der Waals surface area contributed by atoms with E-state index in [1.807, 2.05) is 74.5 Å². The fraction of sp³-hybridized carbons (Fsp3) is 0.293. The molecule has 4 aromatic carbocycles. The Morgan fingerprint density at radius 2 is 1.52 bits per heavy atom. The molecule has 0 spiro atoms. The van der Waals surface area contributed by atoms with E-state index in [1.165, 1.54) is 24.3 Å². The molecule has 2 unspecified atom stereocenters. The van der Waals surface area contributed by atoms with Crippen LogP contribution >= 0.6 is 0 Å². The number of benzene rings is 4. The van der Waals surface area contributed by atoms with E-state index in [2.05, 4.69) is 23.7 Å². The average molecular weight is 676 g/mol. The second kappa shape index (κ2) is 14.8. The van der Waals surface area contributed by atoms with Crippen molar-refractivity contribution in [3.63, 3.8) is 0 Å². The normalized spacial score (nSPS) is 17.1. The first-order valence-corrected chi connectivity index (χ1v) is 17.0. The van der Waals surface area contributed by atoms with E-state index in [0.29, 0.717) is 37.1 Å². The quantitative estimate of drug-likeness (QED) is 0.111. The van der Waals surface area contributed by atoms with Crippen LogP contribution in [-0.4, -0.2) is 33.4 Å². The molecule has 1 amide bonds. The fourth-order valence-corrected chi connectivity index (χ4v) is 7.02. The van der Waals surface area contributed by atoms with Crippen LogP contribution in [-0.2, 0) is 22.4 Å². The van der Waals surface area contributed by atoms with Gasteiger partial charge in [-0.2, -0.15) is 0 Å². The Kier molecular flexibility index (Phi) is 10.3. The predicted molar refractivity (Wildman–Crippen MR) is 194 cm³/mol. The summed E-state index contributed by atoms with van der Waals surface area (Å²) in [5.41, 5.74) is 6.47. The van der Waals surface area contributed by atoms with Gasteiger partial charge in [-0.05, 0) is 85.7 Å². The smallest absolute Gasteiger partial charge is 0.269 e. The molecule has 50 heavy (non-hydrogen) atoms. The largest absolute Gasteiger partial charge is 0.347 e. The number of amides is 1. The van der Waals surface area contributed by atoms with Crippen LogP contribution in [0, 0.1) is 15.9 Å². The Bertz CT molecular complexity index is 1940. The van der Waals surface area contributed by atoms with E-state index in [9.17, 15) is 19.3 Å². The SMILES string of the molecule is CC(C)c1c(C(=O)Nc2ccccc2)c(-c2ccccc2)c(-c2ccc(F)cc2)n1CCC1CC(Cc2ccc([N+](=O)[O-])cc2)OC(C)(C)O1. The lowest BCUT2D eigenvalue weighted by Crippen LogP contribution is -2.45. The van der Waals surface area contributed by atoms with Crippen molar-refractivity contribution in [1.82, 2.24) is 4.57 Å². The highest BCUT2D eigenvalue weighted by molar-refractivity contribution is 6.12. The zero-order valence-corrected chi connectivity index (χ0v) is 28.8. The highest BCUT2D eigenvalue weighted by atomic mass is 19.1. The maximum atomic E-state index is 14.4. The van der Waals surface area contributed by atoms with Gasteiger partial charge in [-0.3, -0.25) is 14.9 Å². The minimum absolute atomic E-state index is 0.0369. The number of ether oxygens (including phenoxy) is 2. The molecule has 1 saturated heterocycles. The molecule has 1 fully saturated rings. The molecule has 258 valence electrons. The predicted octanol–water partition coefficient (Wildman–Crippen LogP) is 9.79. The fourth-order valence-electron chi connectivity index (χ4n) is 7.02. The van der Waals surface area contributed by atoms with Crippen molar-refractivity contribution < 1.29 is 23.6 Å². The van der Waals surface area contributed by atoms with Crippen LogP contribution in [0.1, 0.15) is 68.1 Å². The van der Waals surface area contributed by atoms with Gasteiger partial charge in [0.15, 0.2) is 5.79 Å². The van der Waals surface area contributed by atoms with Crippen molar-refractivity contribution in [1.29, 1.82) is 0 Å². The van der Waals surface area contributed by atoms with Gasteiger partial charge in [0.2, 0.25) is 0 Å². The molecule has 0 radical (unpaired) electrons. The Hall–Kier alpha value is -5.12. The van der Waals surface area contributed by atoms with Gasteiger partial charge in [0.1, 0.15) is 5.82 Å². The van der Waals surface area contributed by atoms with E-state index in [4.69, 9.17) is 9.47 Å². The minimum atomic E-state index is -0.846. The number of halogens is 1. The van der Waals surface area contributed by atoms with Crippen LogP contribution < -0.4 is 5.32 Å². The summed E-state index contributed by atoms with van der Waals surface area (Å²) in [7, 11) is 0. The van der Waals surface area contributed by atoms with Crippen molar-refractivity contribution in [3.8, 4) is 22.4 Å². The summed E-state index contributed by atoms with van der Waals surface area (Å²) in [6, 6.07) is 32.3. The topological polar surface area (TPSA) is 95.6 Å². The number of rotatable bonds is 11. The van der Waals surface area contributed by atoms with Crippen molar-refractivity contribution in [3.05, 3.63) is 142 Å². The van der Waals surface area contributed by atoms with E-state index in [-0.39, 0.29) is 35.5 Å². The van der Waals surface area contributed by atoms with Gasteiger partial charge >= 0.3 is 0 Å². The lowest BCUT2D eigenvalue weighted by atomic mass is 9.94. The number of nitro benzene ring substituents is 1. The molecule has 8 nitrogen and oxygen atoms in total. The third kappa shape index (κ3) is 7.85. The second-order valence-electron chi connectivity index (χ2n) is 13.5.